The lowest BCUT2D eigenvalue weighted by atomic mass is 9.63. The van der Waals surface area contributed by atoms with Crippen LogP contribution in [0.15, 0.2) is 36.4 Å². The number of benzene rings is 2. The van der Waals surface area contributed by atoms with E-state index in [1.165, 1.54) is 12.1 Å². The molecule has 0 unspecified atom stereocenters. The smallest absolute Gasteiger partial charge is 0.148 e. The molecule has 1 spiro atoms. The van der Waals surface area contributed by atoms with Gasteiger partial charge in [0.2, 0.25) is 0 Å². The zero-order chi connectivity index (χ0) is 22.2. The quantitative estimate of drug-likeness (QED) is 0.677. The van der Waals surface area contributed by atoms with E-state index < -0.39 is 5.92 Å². The van der Waals surface area contributed by atoms with Crippen LogP contribution in [0.2, 0.25) is 0 Å². The second-order valence-electron chi connectivity index (χ2n) is 8.75. The number of hydrogen-bond acceptors (Lipinski definition) is 5. The van der Waals surface area contributed by atoms with Gasteiger partial charge in [-0.15, -0.1) is 0 Å². The Morgan fingerprint density at radius 1 is 0.968 bits per heavy atom. The summed E-state index contributed by atoms with van der Waals surface area (Å²) in [5, 5.41) is 1.88. The zero-order valence-electron chi connectivity index (χ0n) is 18.2. The Bertz CT molecular complexity index is 973. The van der Waals surface area contributed by atoms with Crippen LogP contribution in [0.25, 0.3) is 11.1 Å². The van der Waals surface area contributed by atoms with Crippen molar-refractivity contribution in [3.63, 3.8) is 0 Å². The van der Waals surface area contributed by atoms with Crippen LogP contribution in [0.4, 0.5) is 4.39 Å². The van der Waals surface area contributed by atoms with E-state index >= 15 is 0 Å². The number of carbonyl (C=O) groups excluding carboxylic acids is 2. The fourth-order valence-electron chi connectivity index (χ4n) is 5.12. The van der Waals surface area contributed by atoms with Gasteiger partial charge in [0.15, 0.2) is 0 Å². The zero-order valence-corrected chi connectivity index (χ0v) is 18.2. The van der Waals surface area contributed by atoms with Gasteiger partial charge >= 0.3 is 0 Å². The maximum absolute atomic E-state index is 13.3. The minimum atomic E-state index is -0.789. The van der Waals surface area contributed by atoms with Crippen LogP contribution >= 0.6 is 0 Å². The number of nitrogens with zero attached hydrogens (tertiary/aromatic N) is 1. The first-order valence-electron chi connectivity index (χ1n) is 10.6. The summed E-state index contributed by atoms with van der Waals surface area (Å²) < 4.78 is 18.9. The predicted molar refractivity (Wildman–Crippen MR) is 115 cm³/mol. The van der Waals surface area contributed by atoms with Gasteiger partial charge in [0.1, 0.15) is 29.1 Å². The number of hydroxylamine groups is 2. The lowest BCUT2D eigenvalue weighted by molar-refractivity contribution is -0.166. The van der Waals surface area contributed by atoms with Gasteiger partial charge in [0.05, 0.1) is 14.2 Å². The standard InChI is InChI=1S/C25H28FNO4/c1-16-12-18(17-4-6-19(26)7-5-17)13-22(30-2)23(16)24-20(28)14-25(15-21(24)29)8-10-27(31-3)11-9-25/h4-7,12-13,24H,8-11,14-15H2,1-3H3. The van der Waals surface area contributed by atoms with E-state index in [4.69, 9.17) is 9.57 Å². The van der Waals surface area contributed by atoms with Crippen LogP contribution < -0.4 is 4.74 Å². The molecule has 1 aliphatic carbocycles. The second-order valence-corrected chi connectivity index (χ2v) is 8.75. The molecule has 2 aromatic rings. The number of hydrogen-bond donors (Lipinski definition) is 0. The molecule has 4 rings (SSSR count). The van der Waals surface area contributed by atoms with E-state index in [0.717, 1.165) is 42.6 Å². The van der Waals surface area contributed by atoms with Crippen LogP contribution in [-0.2, 0) is 14.4 Å². The number of aryl methyl sites for hydroxylation is 1. The molecule has 5 nitrogen and oxygen atoms in total. The molecule has 1 heterocycles. The van der Waals surface area contributed by atoms with Gasteiger partial charge in [-0.2, -0.15) is 5.06 Å². The summed E-state index contributed by atoms with van der Waals surface area (Å²) >= 11 is 0. The maximum Gasteiger partial charge on any atom is 0.148 e. The molecule has 0 aromatic heterocycles. The topological polar surface area (TPSA) is 55.8 Å². The number of Topliss-reactive ketones (excluding diaryl/α,β-unsaturated/α-hetero) is 2. The first kappa shape index (κ1) is 21.7. The van der Waals surface area contributed by atoms with Gasteiger partial charge in [0, 0.05) is 31.5 Å². The van der Waals surface area contributed by atoms with E-state index in [9.17, 15) is 14.0 Å². The van der Waals surface area contributed by atoms with E-state index in [0.29, 0.717) is 24.2 Å². The predicted octanol–water partition coefficient (Wildman–Crippen LogP) is 4.47. The van der Waals surface area contributed by atoms with Crippen molar-refractivity contribution in [2.75, 3.05) is 27.3 Å². The van der Waals surface area contributed by atoms with E-state index in [-0.39, 0.29) is 22.8 Å². The monoisotopic (exact) mass is 425 g/mol. The van der Waals surface area contributed by atoms with Gasteiger partial charge in [-0.1, -0.05) is 18.2 Å². The number of rotatable bonds is 4. The third-order valence-electron chi connectivity index (χ3n) is 6.82. The minimum absolute atomic E-state index is 0.0296. The Morgan fingerprint density at radius 2 is 1.58 bits per heavy atom. The molecule has 1 aliphatic heterocycles. The summed E-state index contributed by atoms with van der Waals surface area (Å²) in [7, 11) is 3.20. The van der Waals surface area contributed by atoms with Crippen molar-refractivity contribution in [3.05, 3.63) is 53.3 Å². The van der Waals surface area contributed by atoms with Crippen molar-refractivity contribution in [3.8, 4) is 16.9 Å². The van der Waals surface area contributed by atoms with Crippen molar-refractivity contribution < 1.29 is 23.6 Å². The van der Waals surface area contributed by atoms with Crippen LogP contribution in [-0.4, -0.2) is 43.9 Å². The van der Waals surface area contributed by atoms with Crippen molar-refractivity contribution in [2.24, 2.45) is 5.41 Å². The highest BCUT2D eigenvalue weighted by Gasteiger charge is 2.47. The third kappa shape index (κ3) is 4.14. The van der Waals surface area contributed by atoms with Gasteiger partial charge in [0.25, 0.3) is 0 Å². The third-order valence-corrected chi connectivity index (χ3v) is 6.82. The lowest BCUT2D eigenvalue weighted by Crippen LogP contribution is -2.46. The Kier molecular flexibility index (Phi) is 5.95. The highest BCUT2D eigenvalue weighted by atomic mass is 19.1. The molecule has 31 heavy (non-hydrogen) atoms. The minimum Gasteiger partial charge on any atom is -0.496 e. The van der Waals surface area contributed by atoms with Crippen molar-refractivity contribution in [2.45, 2.75) is 38.5 Å². The van der Waals surface area contributed by atoms with Crippen LogP contribution in [0.1, 0.15) is 42.7 Å². The highest BCUT2D eigenvalue weighted by Crippen LogP contribution is 2.48. The number of carbonyl (C=O) groups is 2. The molecule has 1 saturated carbocycles. The molecule has 2 aromatic carbocycles. The Morgan fingerprint density at radius 3 is 2.13 bits per heavy atom. The summed E-state index contributed by atoms with van der Waals surface area (Å²) in [4.78, 5) is 31.9. The lowest BCUT2D eigenvalue weighted by Gasteiger charge is -2.44. The average Bonchev–Trinajstić information content (AvgIpc) is 2.75. The first-order chi connectivity index (χ1) is 14.9. The molecular weight excluding hydrogens is 397 g/mol. The fraction of sp³-hybridized carbons (Fsp3) is 0.440. The summed E-state index contributed by atoms with van der Waals surface area (Å²) in [5.41, 5.74) is 2.94. The SMILES string of the molecule is COc1cc(-c2ccc(F)cc2)cc(C)c1C1C(=O)CC2(CCN(OC)CC2)CC1=O. The average molecular weight is 426 g/mol. The molecule has 0 radical (unpaired) electrons. The normalized spacial score (nSPS) is 19.7. The number of ether oxygens (including phenoxy) is 1. The van der Waals surface area contributed by atoms with Gasteiger partial charge in [-0.25, -0.2) is 4.39 Å². The number of halogens is 1. The molecule has 6 heteroatoms. The summed E-state index contributed by atoms with van der Waals surface area (Å²) in [6.07, 6.45) is 2.38. The molecule has 1 saturated heterocycles. The molecule has 0 bridgehead atoms. The van der Waals surface area contributed by atoms with Crippen molar-refractivity contribution >= 4 is 11.6 Å². The Balaban J connectivity index is 1.64. The van der Waals surface area contributed by atoms with E-state index in [1.54, 1.807) is 26.4 Å². The number of piperidine rings is 1. The first-order valence-corrected chi connectivity index (χ1v) is 10.6. The van der Waals surface area contributed by atoms with Crippen LogP contribution in [0.3, 0.4) is 0 Å². The summed E-state index contributed by atoms with van der Waals surface area (Å²) in [6, 6.07) is 10.00. The summed E-state index contributed by atoms with van der Waals surface area (Å²) in [5.74, 6) is -0.622. The maximum atomic E-state index is 13.3. The molecule has 2 aliphatic rings. The Hall–Kier alpha value is -2.57. The van der Waals surface area contributed by atoms with Crippen LogP contribution in [0, 0.1) is 18.2 Å². The van der Waals surface area contributed by atoms with E-state index in [2.05, 4.69) is 0 Å². The van der Waals surface area contributed by atoms with Crippen molar-refractivity contribution in [1.82, 2.24) is 5.06 Å². The highest BCUT2D eigenvalue weighted by molar-refractivity contribution is 6.11. The molecule has 0 atom stereocenters. The van der Waals surface area contributed by atoms with E-state index in [1.807, 2.05) is 24.1 Å². The molecule has 0 amide bonds. The second kappa shape index (κ2) is 8.52. The summed E-state index contributed by atoms with van der Waals surface area (Å²) in [6.45, 7) is 3.36. The number of methoxy groups -OCH3 is 1. The molecule has 0 N–H and O–H groups in total. The molecule has 2 fully saturated rings. The van der Waals surface area contributed by atoms with Crippen LogP contribution in [0.5, 0.6) is 5.75 Å². The largest absolute Gasteiger partial charge is 0.496 e. The number of ketones is 2. The van der Waals surface area contributed by atoms with Gasteiger partial charge < -0.3 is 9.57 Å². The van der Waals surface area contributed by atoms with Gasteiger partial charge in [-0.05, 0) is 60.1 Å². The molecular formula is C25H28FNO4. The van der Waals surface area contributed by atoms with Gasteiger partial charge in [-0.3, -0.25) is 9.59 Å². The molecule has 164 valence electrons. The Labute approximate surface area is 182 Å². The van der Waals surface area contributed by atoms with Crippen molar-refractivity contribution in [1.29, 1.82) is 0 Å². The fourth-order valence-corrected chi connectivity index (χ4v) is 5.12.